The monoisotopic (exact) mass is 281 g/mol. The van der Waals surface area contributed by atoms with Gasteiger partial charge in [-0.05, 0) is 23.7 Å². The van der Waals surface area contributed by atoms with E-state index in [0.717, 1.165) is 11.4 Å². The predicted octanol–water partition coefficient (Wildman–Crippen LogP) is 1.53. The predicted molar refractivity (Wildman–Crippen MR) is 72.8 cm³/mol. The Morgan fingerprint density at radius 2 is 2.26 bits per heavy atom. The minimum atomic E-state index is -0.0364. The van der Waals surface area contributed by atoms with E-state index in [2.05, 4.69) is 14.9 Å². The highest BCUT2D eigenvalue weighted by atomic mass is 32.1. The van der Waals surface area contributed by atoms with Crippen LogP contribution in [0.3, 0.4) is 0 Å². The van der Waals surface area contributed by atoms with Crippen molar-refractivity contribution in [3.8, 4) is 11.5 Å². The summed E-state index contributed by atoms with van der Waals surface area (Å²) < 4.78 is 14.4. The van der Waals surface area contributed by atoms with Crippen LogP contribution < -0.4 is 14.8 Å². The molecule has 2 aromatic rings. The number of rotatable bonds is 7. The van der Waals surface area contributed by atoms with Crippen molar-refractivity contribution in [2.24, 2.45) is 0 Å². The zero-order valence-corrected chi connectivity index (χ0v) is 11.3. The third-order valence-corrected chi connectivity index (χ3v) is 2.94. The van der Waals surface area contributed by atoms with Gasteiger partial charge in [-0.1, -0.05) is 4.49 Å². The van der Waals surface area contributed by atoms with Gasteiger partial charge in [0, 0.05) is 17.1 Å². The summed E-state index contributed by atoms with van der Waals surface area (Å²) in [5.74, 6) is 1.23. The van der Waals surface area contributed by atoms with E-state index in [1.54, 1.807) is 7.11 Å². The Morgan fingerprint density at radius 1 is 1.37 bits per heavy atom. The Labute approximate surface area is 115 Å². The van der Waals surface area contributed by atoms with Gasteiger partial charge >= 0.3 is 0 Å². The van der Waals surface area contributed by atoms with Crippen molar-refractivity contribution >= 4 is 17.2 Å². The number of aromatic nitrogens is 2. The number of hydrogen-bond donors (Lipinski definition) is 2. The summed E-state index contributed by atoms with van der Waals surface area (Å²) >= 11 is 1.32. The number of ether oxygens (including phenoxy) is 2. The van der Waals surface area contributed by atoms with Crippen LogP contribution in [-0.4, -0.2) is 35.0 Å². The number of methoxy groups -OCH3 is 1. The van der Waals surface area contributed by atoms with E-state index in [1.165, 1.54) is 11.5 Å². The van der Waals surface area contributed by atoms with Crippen molar-refractivity contribution in [3.05, 3.63) is 29.3 Å². The van der Waals surface area contributed by atoms with E-state index >= 15 is 0 Å². The molecule has 102 valence electrons. The van der Waals surface area contributed by atoms with E-state index in [9.17, 15) is 0 Å². The molecule has 0 fully saturated rings. The molecule has 7 heteroatoms. The SMILES string of the molecule is COc1ccc(NCc2csnn2)cc1OCCO. The van der Waals surface area contributed by atoms with Crippen LogP contribution in [0.25, 0.3) is 0 Å². The lowest BCUT2D eigenvalue weighted by molar-refractivity contribution is 0.196. The summed E-state index contributed by atoms with van der Waals surface area (Å²) in [6, 6.07) is 5.53. The summed E-state index contributed by atoms with van der Waals surface area (Å²) in [6.45, 7) is 0.795. The number of nitrogens with one attached hydrogen (secondary N) is 1. The number of hydrogen-bond acceptors (Lipinski definition) is 7. The van der Waals surface area contributed by atoms with E-state index < -0.39 is 0 Å². The molecule has 0 bridgehead atoms. The fraction of sp³-hybridized carbons (Fsp3) is 0.333. The van der Waals surface area contributed by atoms with Crippen LogP contribution in [0.2, 0.25) is 0 Å². The third kappa shape index (κ3) is 3.80. The molecule has 0 aliphatic rings. The highest BCUT2D eigenvalue weighted by molar-refractivity contribution is 7.03. The van der Waals surface area contributed by atoms with Crippen molar-refractivity contribution in [1.29, 1.82) is 0 Å². The first-order valence-corrected chi connectivity index (χ1v) is 6.58. The van der Waals surface area contributed by atoms with Crippen LogP contribution in [-0.2, 0) is 6.54 Å². The topological polar surface area (TPSA) is 76.5 Å². The van der Waals surface area contributed by atoms with Crippen LogP contribution in [0.15, 0.2) is 23.6 Å². The van der Waals surface area contributed by atoms with Gasteiger partial charge in [-0.3, -0.25) is 0 Å². The van der Waals surface area contributed by atoms with Gasteiger partial charge < -0.3 is 19.9 Å². The number of nitrogens with zero attached hydrogens (tertiary/aromatic N) is 2. The van der Waals surface area contributed by atoms with Gasteiger partial charge in [0.1, 0.15) is 6.61 Å². The lowest BCUT2D eigenvalue weighted by atomic mass is 10.2. The van der Waals surface area contributed by atoms with Crippen LogP contribution >= 0.6 is 11.5 Å². The largest absolute Gasteiger partial charge is 0.493 e. The molecule has 0 unspecified atom stereocenters. The molecule has 6 nitrogen and oxygen atoms in total. The summed E-state index contributed by atoms with van der Waals surface area (Å²) in [4.78, 5) is 0. The number of aliphatic hydroxyl groups excluding tert-OH is 1. The van der Waals surface area contributed by atoms with E-state index in [0.29, 0.717) is 18.0 Å². The Hall–Kier alpha value is -1.86. The second-order valence-electron chi connectivity index (χ2n) is 3.69. The van der Waals surface area contributed by atoms with Crippen LogP contribution in [0.5, 0.6) is 11.5 Å². The molecular formula is C12H15N3O3S. The Bertz CT molecular complexity index is 505. The molecule has 19 heavy (non-hydrogen) atoms. The molecule has 0 spiro atoms. The normalized spacial score (nSPS) is 10.2. The van der Waals surface area contributed by atoms with Gasteiger partial charge in [-0.25, -0.2) is 0 Å². The first kappa shape index (κ1) is 13.6. The standard InChI is InChI=1S/C12H15N3O3S/c1-17-11-3-2-9(6-12(11)18-5-4-16)13-7-10-8-19-15-14-10/h2-3,6,8,13,16H,4-5,7H2,1H3. The average molecular weight is 281 g/mol. The highest BCUT2D eigenvalue weighted by Crippen LogP contribution is 2.30. The minimum absolute atomic E-state index is 0.0364. The Kier molecular flexibility index (Phi) is 4.93. The molecule has 0 radical (unpaired) electrons. The lowest BCUT2D eigenvalue weighted by Crippen LogP contribution is -2.04. The molecular weight excluding hydrogens is 266 g/mol. The quantitative estimate of drug-likeness (QED) is 0.801. The van der Waals surface area contributed by atoms with Gasteiger partial charge in [-0.15, -0.1) is 5.10 Å². The number of aliphatic hydroxyl groups is 1. The Morgan fingerprint density at radius 3 is 2.95 bits per heavy atom. The maximum atomic E-state index is 8.79. The molecule has 0 atom stereocenters. The maximum absolute atomic E-state index is 8.79. The van der Waals surface area contributed by atoms with Crippen molar-refractivity contribution in [1.82, 2.24) is 9.59 Å². The molecule has 2 rings (SSSR count). The van der Waals surface area contributed by atoms with E-state index in [4.69, 9.17) is 14.6 Å². The first-order chi connectivity index (χ1) is 9.33. The lowest BCUT2D eigenvalue weighted by Gasteiger charge is -2.12. The van der Waals surface area contributed by atoms with Crippen molar-refractivity contribution in [2.45, 2.75) is 6.54 Å². The Balaban J connectivity index is 2.04. The molecule has 0 saturated heterocycles. The van der Waals surface area contributed by atoms with Crippen LogP contribution in [0, 0.1) is 0 Å². The van der Waals surface area contributed by atoms with Crippen LogP contribution in [0.1, 0.15) is 5.69 Å². The van der Waals surface area contributed by atoms with Crippen molar-refractivity contribution < 1.29 is 14.6 Å². The van der Waals surface area contributed by atoms with Gasteiger partial charge in [0.15, 0.2) is 11.5 Å². The number of benzene rings is 1. The summed E-state index contributed by atoms with van der Waals surface area (Å²) in [5, 5.41) is 17.9. The zero-order valence-electron chi connectivity index (χ0n) is 10.5. The summed E-state index contributed by atoms with van der Waals surface area (Å²) in [7, 11) is 1.58. The average Bonchev–Trinajstić information content (AvgIpc) is 2.96. The third-order valence-electron chi connectivity index (χ3n) is 2.39. The van der Waals surface area contributed by atoms with Gasteiger partial charge in [-0.2, -0.15) is 0 Å². The summed E-state index contributed by atoms with van der Waals surface area (Å²) in [6.07, 6.45) is 0. The number of anilines is 1. The molecule has 2 N–H and O–H groups in total. The second-order valence-corrected chi connectivity index (χ2v) is 4.30. The maximum Gasteiger partial charge on any atom is 0.163 e. The molecule has 0 aliphatic heterocycles. The van der Waals surface area contributed by atoms with Gasteiger partial charge in [0.25, 0.3) is 0 Å². The molecule has 0 amide bonds. The smallest absolute Gasteiger partial charge is 0.163 e. The highest BCUT2D eigenvalue weighted by Gasteiger charge is 2.06. The minimum Gasteiger partial charge on any atom is -0.493 e. The first-order valence-electron chi connectivity index (χ1n) is 5.75. The van der Waals surface area contributed by atoms with Gasteiger partial charge in [0.2, 0.25) is 0 Å². The van der Waals surface area contributed by atoms with E-state index in [-0.39, 0.29) is 13.2 Å². The molecule has 1 aromatic carbocycles. The second kappa shape index (κ2) is 6.91. The van der Waals surface area contributed by atoms with Crippen molar-refractivity contribution in [3.63, 3.8) is 0 Å². The van der Waals surface area contributed by atoms with E-state index in [1.807, 2.05) is 23.6 Å². The molecule has 1 heterocycles. The molecule has 0 saturated carbocycles. The van der Waals surface area contributed by atoms with Crippen LogP contribution in [0.4, 0.5) is 5.69 Å². The fourth-order valence-electron chi connectivity index (χ4n) is 1.51. The summed E-state index contributed by atoms with van der Waals surface area (Å²) in [5.41, 5.74) is 1.78. The molecule has 0 aliphatic carbocycles. The van der Waals surface area contributed by atoms with Gasteiger partial charge in [0.05, 0.1) is 26.0 Å². The van der Waals surface area contributed by atoms with Crippen molar-refractivity contribution in [2.75, 3.05) is 25.6 Å². The zero-order chi connectivity index (χ0) is 13.5. The molecule has 1 aromatic heterocycles. The fourth-order valence-corrected chi connectivity index (χ4v) is 1.96.